The van der Waals surface area contributed by atoms with Crippen LogP contribution < -0.4 is 14.8 Å². The molecular formula is C21H22N2O3. The summed E-state index contributed by atoms with van der Waals surface area (Å²) in [4.78, 5) is 16.9. The predicted molar refractivity (Wildman–Crippen MR) is 102 cm³/mol. The molecule has 134 valence electrons. The summed E-state index contributed by atoms with van der Waals surface area (Å²) in [6, 6.07) is 15.5. The Labute approximate surface area is 153 Å². The average Bonchev–Trinajstić information content (AvgIpc) is 2.65. The molecule has 5 heteroatoms. The van der Waals surface area contributed by atoms with Crippen LogP contribution in [0.5, 0.6) is 11.5 Å². The molecule has 1 heterocycles. The third-order valence-corrected chi connectivity index (χ3v) is 4.22. The van der Waals surface area contributed by atoms with Crippen molar-refractivity contribution < 1.29 is 14.3 Å². The molecule has 0 aliphatic carbocycles. The first-order chi connectivity index (χ1) is 12.6. The molecule has 0 spiro atoms. The number of fused-ring (bicyclic) bond motifs is 1. The monoisotopic (exact) mass is 350 g/mol. The van der Waals surface area contributed by atoms with E-state index in [1.807, 2.05) is 49.4 Å². The van der Waals surface area contributed by atoms with E-state index in [1.54, 1.807) is 20.3 Å². The van der Waals surface area contributed by atoms with Crippen LogP contribution in [0.1, 0.15) is 16.8 Å². The highest BCUT2D eigenvalue weighted by molar-refractivity contribution is 5.83. The van der Waals surface area contributed by atoms with Crippen LogP contribution in [0.15, 0.2) is 48.5 Å². The molecule has 0 unspecified atom stereocenters. The molecule has 1 N–H and O–H groups in total. The molecular weight excluding hydrogens is 328 g/mol. The van der Waals surface area contributed by atoms with Gasteiger partial charge in [-0.3, -0.25) is 9.78 Å². The van der Waals surface area contributed by atoms with Crippen molar-refractivity contribution >= 4 is 16.8 Å². The van der Waals surface area contributed by atoms with Gasteiger partial charge in [-0.1, -0.05) is 24.3 Å². The molecule has 0 saturated heterocycles. The lowest BCUT2D eigenvalue weighted by Crippen LogP contribution is -2.24. The lowest BCUT2D eigenvalue weighted by molar-refractivity contribution is -0.120. The fourth-order valence-corrected chi connectivity index (χ4v) is 2.97. The normalized spacial score (nSPS) is 10.6. The van der Waals surface area contributed by atoms with Crippen molar-refractivity contribution in [2.24, 2.45) is 0 Å². The van der Waals surface area contributed by atoms with Gasteiger partial charge in [-0.05, 0) is 42.3 Å². The first kappa shape index (κ1) is 17.7. The number of pyridine rings is 1. The van der Waals surface area contributed by atoms with Crippen molar-refractivity contribution in [1.82, 2.24) is 10.3 Å². The van der Waals surface area contributed by atoms with Crippen LogP contribution in [-0.4, -0.2) is 25.1 Å². The minimum Gasteiger partial charge on any atom is -0.493 e. The Kier molecular flexibility index (Phi) is 5.37. The van der Waals surface area contributed by atoms with Gasteiger partial charge in [0.15, 0.2) is 11.5 Å². The zero-order chi connectivity index (χ0) is 18.5. The largest absolute Gasteiger partial charge is 0.493 e. The third-order valence-electron chi connectivity index (χ3n) is 4.22. The Bertz CT molecular complexity index is 938. The molecule has 0 radical (unpaired) electrons. The van der Waals surface area contributed by atoms with Gasteiger partial charge in [-0.25, -0.2) is 0 Å². The van der Waals surface area contributed by atoms with Crippen molar-refractivity contribution in [2.45, 2.75) is 19.9 Å². The third kappa shape index (κ3) is 3.94. The van der Waals surface area contributed by atoms with Crippen molar-refractivity contribution in [2.75, 3.05) is 14.2 Å². The van der Waals surface area contributed by atoms with Gasteiger partial charge < -0.3 is 14.8 Å². The van der Waals surface area contributed by atoms with E-state index in [-0.39, 0.29) is 12.3 Å². The van der Waals surface area contributed by atoms with Crippen LogP contribution in [0.2, 0.25) is 0 Å². The number of nitrogens with one attached hydrogen (secondary N) is 1. The lowest BCUT2D eigenvalue weighted by Gasteiger charge is -2.11. The smallest absolute Gasteiger partial charge is 0.224 e. The van der Waals surface area contributed by atoms with Crippen LogP contribution in [0.4, 0.5) is 0 Å². The van der Waals surface area contributed by atoms with Gasteiger partial charge >= 0.3 is 0 Å². The SMILES string of the molecule is COc1ccc(CC(=O)NCc2cc(C)nc3ccccc23)cc1OC. The number of hydrogen-bond donors (Lipinski definition) is 1. The molecule has 0 aliphatic heterocycles. The Morgan fingerprint density at radius 1 is 1.04 bits per heavy atom. The average molecular weight is 350 g/mol. The van der Waals surface area contributed by atoms with Gasteiger partial charge in [0, 0.05) is 17.6 Å². The number of para-hydroxylation sites is 1. The molecule has 26 heavy (non-hydrogen) atoms. The second kappa shape index (κ2) is 7.87. The summed E-state index contributed by atoms with van der Waals surface area (Å²) in [5.74, 6) is 1.22. The van der Waals surface area contributed by atoms with Gasteiger partial charge in [0.05, 0.1) is 26.2 Å². The number of hydrogen-bond acceptors (Lipinski definition) is 4. The molecule has 1 amide bonds. The van der Waals surface area contributed by atoms with Crippen molar-refractivity contribution in [3.63, 3.8) is 0 Å². The number of amides is 1. The molecule has 1 aromatic heterocycles. The Morgan fingerprint density at radius 3 is 2.58 bits per heavy atom. The highest BCUT2D eigenvalue weighted by Crippen LogP contribution is 2.27. The molecule has 0 saturated carbocycles. The van der Waals surface area contributed by atoms with Gasteiger partial charge in [0.25, 0.3) is 0 Å². The molecule has 3 aromatic rings. The molecule has 3 rings (SSSR count). The molecule has 0 aliphatic rings. The van der Waals surface area contributed by atoms with Crippen LogP contribution in [0, 0.1) is 6.92 Å². The highest BCUT2D eigenvalue weighted by atomic mass is 16.5. The summed E-state index contributed by atoms with van der Waals surface area (Å²) in [6.07, 6.45) is 0.280. The number of carbonyl (C=O) groups excluding carboxylic acids is 1. The Hall–Kier alpha value is -3.08. The number of aromatic nitrogens is 1. The molecule has 0 fully saturated rings. The predicted octanol–water partition coefficient (Wildman–Crippen LogP) is 3.42. The van der Waals surface area contributed by atoms with Gasteiger partial charge in [0.2, 0.25) is 5.91 Å². The Morgan fingerprint density at radius 2 is 1.81 bits per heavy atom. The first-order valence-corrected chi connectivity index (χ1v) is 8.43. The van der Waals surface area contributed by atoms with E-state index in [2.05, 4.69) is 10.3 Å². The fourth-order valence-electron chi connectivity index (χ4n) is 2.97. The van der Waals surface area contributed by atoms with E-state index >= 15 is 0 Å². The van der Waals surface area contributed by atoms with E-state index in [1.165, 1.54) is 0 Å². The van der Waals surface area contributed by atoms with Crippen LogP contribution in [-0.2, 0) is 17.8 Å². The van der Waals surface area contributed by atoms with Gasteiger partial charge in [-0.15, -0.1) is 0 Å². The van der Waals surface area contributed by atoms with Crippen molar-refractivity contribution in [3.8, 4) is 11.5 Å². The van der Waals surface area contributed by atoms with Crippen molar-refractivity contribution in [3.05, 3.63) is 65.4 Å². The van der Waals surface area contributed by atoms with Crippen LogP contribution in [0.3, 0.4) is 0 Å². The van der Waals surface area contributed by atoms with Crippen molar-refractivity contribution in [1.29, 1.82) is 0 Å². The molecule has 0 bridgehead atoms. The highest BCUT2D eigenvalue weighted by Gasteiger charge is 2.10. The second-order valence-electron chi connectivity index (χ2n) is 6.08. The van der Waals surface area contributed by atoms with Gasteiger partial charge in [-0.2, -0.15) is 0 Å². The zero-order valence-electron chi connectivity index (χ0n) is 15.2. The maximum absolute atomic E-state index is 12.4. The number of nitrogens with zero attached hydrogens (tertiary/aromatic N) is 1. The fraction of sp³-hybridized carbons (Fsp3) is 0.238. The number of carbonyl (C=O) groups is 1. The van der Waals surface area contributed by atoms with E-state index in [0.717, 1.165) is 27.7 Å². The van der Waals surface area contributed by atoms with Gasteiger partial charge in [0.1, 0.15) is 0 Å². The van der Waals surface area contributed by atoms with E-state index in [4.69, 9.17) is 9.47 Å². The molecule has 0 atom stereocenters. The summed E-state index contributed by atoms with van der Waals surface area (Å²) in [5.41, 5.74) is 3.81. The summed E-state index contributed by atoms with van der Waals surface area (Å²) in [6.45, 7) is 2.43. The maximum atomic E-state index is 12.4. The Balaban J connectivity index is 1.70. The van der Waals surface area contributed by atoms with E-state index < -0.39 is 0 Å². The summed E-state index contributed by atoms with van der Waals surface area (Å²) < 4.78 is 10.5. The summed E-state index contributed by atoms with van der Waals surface area (Å²) in [5, 5.41) is 4.05. The number of benzene rings is 2. The standard InChI is InChI=1S/C21H22N2O3/c1-14-10-16(17-6-4-5-7-18(17)23-14)13-22-21(24)12-15-8-9-19(25-2)20(11-15)26-3/h4-11H,12-13H2,1-3H3,(H,22,24). The zero-order valence-corrected chi connectivity index (χ0v) is 15.2. The minimum atomic E-state index is -0.0456. The molecule has 2 aromatic carbocycles. The second-order valence-corrected chi connectivity index (χ2v) is 6.08. The van der Waals surface area contributed by atoms with E-state index in [0.29, 0.717) is 18.0 Å². The quantitative estimate of drug-likeness (QED) is 0.740. The molecule has 5 nitrogen and oxygen atoms in total. The minimum absolute atomic E-state index is 0.0456. The summed E-state index contributed by atoms with van der Waals surface area (Å²) in [7, 11) is 3.17. The number of rotatable bonds is 6. The van der Waals surface area contributed by atoms with E-state index in [9.17, 15) is 4.79 Å². The number of methoxy groups -OCH3 is 2. The topological polar surface area (TPSA) is 60.5 Å². The van der Waals surface area contributed by atoms with Crippen LogP contribution >= 0.6 is 0 Å². The number of aryl methyl sites for hydroxylation is 1. The number of ether oxygens (including phenoxy) is 2. The first-order valence-electron chi connectivity index (χ1n) is 8.43. The maximum Gasteiger partial charge on any atom is 0.224 e. The summed E-state index contributed by atoms with van der Waals surface area (Å²) >= 11 is 0. The lowest BCUT2D eigenvalue weighted by atomic mass is 10.1. The van der Waals surface area contributed by atoms with Crippen LogP contribution in [0.25, 0.3) is 10.9 Å².